The first-order chi connectivity index (χ1) is 13.4. The van der Waals surface area contributed by atoms with Gasteiger partial charge >= 0.3 is 5.97 Å². The van der Waals surface area contributed by atoms with E-state index in [0.717, 1.165) is 26.4 Å². The molecule has 0 bridgehead atoms. The van der Waals surface area contributed by atoms with Crippen molar-refractivity contribution in [2.45, 2.75) is 20.4 Å². The van der Waals surface area contributed by atoms with Crippen LogP contribution in [0.15, 0.2) is 59.7 Å². The molecule has 0 aliphatic heterocycles. The Morgan fingerprint density at radius 2 is 1.75 bits per heavy atom. The van der Waals surface area contributed by atoms with Crippen LogP contribution in [0.1, 0.15) is 26.4 Å². The highest BCUT2D eigenvalue weighted by atomic mass is 32.1. The maximum atomic E-state index is 13.2. The van der Waals surface area contributed by atoms with Crippen molar-refractivity contribution in [3.63, 3.8) is 0 Å². The molecule has 28 heavy (non-hydrogen) atoms. The van der Waals surface area contributed by atoms with Gasteiger partial charge in [0.15, 0.2) is 0 Å². The van der Waals surface area contributed by atoms with E-state index in [-0.39, 0.29) is 11.1 Å². The monoisotopic (exact) mass is 390 g/mol. The van der Waals surface area contributed by atoms with Crippen molar-refractivity contribution in [1.29, 1.82) is 0 Å². The summed E-state index contributed by atoms with van der Waals surface area (Å²) in [5.74, 6) is -0.969. The van der Waals surface area contributed by atoms with Crippen LogP contribution in [0.3, 0.4) is 0 Å². The third kappa shape index (κ3) is 3.23. The molecule has 0 spiro atoms. The van der Waals surface area contributed by atoms with E-state index in [9.17, 15) is 9.59 Å². The molecule has 2 aromatic carbocycles. The summed E-state index contributed by atoms with van der Waals surface area (Å²) in [6.45, 7) is 4.38. The zero-order valence-corrected chi connectivity index (χ0v) is 16.3. The van der Waals surface area contributed by atoms with E-state index in [0.29, 0.717) is 11.9 Å². The van der Waals surface area contributed by atoms with E-state index in [4.69, 9.17) is 5.11 Å². The number of carboxylic acid groups (broad SMARTS) is 1. The maximum Gasteiger partial charge on any atom is 0.335 e. The second-order valence-electron chi connectivity index (χ2n) is 6.76. The molecule has 0 saturated heterocycles. The Hall–Kier alpha value is -3.25. The molecule has 4 aromatic rings. The molecule has 0 atom stereocenters. The highest BCUT2D eigenvalue weighted by Gasteiger charge is 2.17. The van der Waals surface area contributed by atoms with E-state index in [2.05, 4.69) is 4.98 Å². The summed E-state index contributed by atoms with van der Waals surface area (Å²) >= 11 is 1.52. The van der Waals surface area contributed by atoms with Gasteiger partial charge < -0.3 is 5.11 Å². The number of fused-ring (bicyclic) bond motifs is 1. The van der Waals surface area contributed by atoms with Gasteiger partial charge in [-0.05, 0) is 37.1 Å². The first-order valence-corrected chi connectivity index (χ1v) is 9.63. The van der Waals surface area contributed by atoms with Gasteiger partial charge in [0.1, 0.15) is 4.83 Å². The number of aryl methyl sites for hydroxylation is 2. The predicted octanol–water partition coefficient (Wildman–Crippen LogP) is 4.49. The van der Waals surface area contributed by atoms with Crippen LogP contribution in [-0.4, -0.2) is 20.6 Å². The van der Waals surface area contributed by atoms with Crippen LogP contribution in [0.5, 0.6) is 0 Å². The smallest absolute Gasteiger partial charge is 0.335 e. The molecule has 6 heteroatoms. The highest BCUT2D eigenvalue weighted by molar-refractivity contribution is 7.19. The molecular weight excluding hydrogens is 372 g/mol. The molecule has 0 fully saturated rings. The number of benzene rings is 2. The number of aromatic carboxylic acids is 1. The summed E-state index contributed by atoms with van der Waals surface area (Å²) < 4.78 is 1.57. The summed E-state index contributed by atoms with van der Waals surface area (Å²) in [4.78, 5) is 30.5. The van der Waals surface area contributed by atoms with Gasteiger partial charge in [-0.3, -0.25) is 9.36 Å². The minimum atomic E-state index is -0.969. The number of carboxylic acids is 1. The van der Waals surface area contributed by atoms with Gasteiger partial charge in [0, 0.05) is 10.4 Å². The van der Waals surface area contributed by atoms with Gasteiger partial charge in [-0.2, -0.15) is 0 Å². The first-order valence-electron chi connectivity index (χ1n) is 8.82. The molecule has 1 N–H and O–H groups in total. The number of aromatic nitrogens is 2. The molecule has 0 aliphatic rings. The standard InChI is InChI=1S/C22H18N2O3S/c1-13-3-7-16(8-4-13)18-14(2)28-20-19(18)21(25)24(12-23-20)11-15-5-9-17(10-6-15)22(26)27/h3-10,12H,11H2,1-2H3,(H,26,27). The number of hydrogen-bond acceptors (Lipinski definition) is 4. The number of carbonyl (C=O) groups is 1. The zero-order valence-electron chi connectivity index (χ0n) is 15.5. The van der Waals surface area contributed by atoms with E-state index < -0.39 is 5.97 Å². The molecule has 0 saturated carbocycles. The quantitative estimate of drug-likeness (QED) is 0.557. The normalized spacial score (nSPS) is 11.1. The van der Waals surface area contributed by atoms with Crippen molar-refractivity contribution in [2.75, 3.05) is 0 Å². The first kappa shape index (κ1) is 18.1. The Balaban J connectivity index is 1.80. The SMILES string of the molecule is Cc1ccc(-c2c(C)sc3ncn(Cc4ccc(C(=O)O)cc4)c(=O)c23)cc1. The molecule has 0 aliphatic carbocycles. The third-order valence-electron chi connectivity index (χ3n) is 4.75. The van der Waals surface area contributed by atoms with E-state index in [1.165, 1.54) is 16.9 Å². The van der Waals surface area contributed by atoms with E-state index >= 15 is 0 Å². The third-order valence-corrected chi connectivity index (χ3v) is 5.76. The van der Waals surface area contributed by atoms with Crippen molar-refractivity contribution < 1.29 is 9.90 Å². The van der Waals surface area contributed by atoms with Crippen molar-refractivity contribution in [1.82, 2.24) is 9.55 Å². The Kier molecular flexibility index (Phi) is 4.57. The zero-order chi connectivity index (χ0) is 19.8. The molecule has 5 nitrogen and oxygen atoms in total. The van der Waals surface area contributed by atoms with Crippen LogP contribution in [0.2, 0.25) is 0 Å². The molecule has 0 unspecified atom stereocenters. The number of thiophene rings is 1. The fraction of sp³-hybridized carbons (Fsp3) is 0.136. The second-order valence-corrected chi connectivity index (χ2v) is 7.96. The topological polar surface area (TPSA) is 72.2 Å². The van der Waals surface area contributed by atoms with Crippen LogP contribution >= 0.6 is 11.3 Å². The lowest BCUT2D eigenvalue weighted by Gasteiger charge is -2.07. The molecule has 2 aromatic heterocycles. The van der Waals surface area contributed by atoms with Crippen molar-refractivity contribution in [3.8, 4) is 11.1 Å². The lowest BCUT2D eigenvalue weighted by molar-refractivity contribution is 0.0697. The minimum absolute atomic E-state index is 0.0905. The summed E-state index contributed by atoms with van der Waals surface area (Å²) in [5, 5.41) is 9.66. The lowest BCUT2D eigenvalue weighted by Crippen LogP contribution is -2.21. The molecule has 4 rings (SSSR count). The lowest BCUT2D eigenvalue weighted by atomic mass is 10.0. The van der Waals surface area contributed by atoms with Gasteiger partial charge in [-0.1, -0.05) is 42.0 Å². The molecule has 2 heterocycles. The van der Waals surface area contributed by atoms with Crippen LogP contribution in [0.4, 0.5) is 0 Å². The highest BCUT2D eigenvalue weighted by Crippen LogP contribution is 2.35. The van der Waals surface area contributed by atoms with Crippen LogP contribution in [0.25, 0.3) is 21.3 Å². The molecule has 0 radical (unpaired) electrons. The fourth-order valence-electron chi connectivity index (χ4n) is 3.27. The second kappa shape index (κ2) is 7.05. The maximum absolute atomic E-state index is 13.2. The van der Waals surface area contributed by atoms with Crippen molar-refractivity contribution in [2.24, 2.45) is 0 Å². The number of rotatable bonds is 4. The Morgan fingerprint density at radius 1 is 1.07 bits per heavy atom. The number of nitrogens with zero attached hydrogens (tertiary/aromatic N) is 2. The summed E-state index contributed by atoms with van der Waals surface area (Å²) in [6, 6.07) is 14.7. The van der Waals surface area contributed by atoms with Crippen LogP contribution in [0, 0.1) is 13.8 Å². The Morgan fingerprint density at radius 3 is 2.39 bits per heavy atom. The van der Waals surface area contributed by atoms with E-state index in [1.54, 1.807) is 35.2 Å². The van der Waals surface area contributed by atoms with Crippen molar-refractivity contribution in [3.05, 3.63) is 86.8 Å². The fourth-order valence-corrected chi connectivity index (χ4v) is 4.27. The molecule has 140 valence electrons. The average Bonchev–Trinajstić information content (AvgIpc) is 3.02. The summed E-state index contributed by atoms with van der Waals surface area (Å²) in [7, 11) is 0. The molecular formula is C22H18N2O3S. The number of hydrogen-bond donors (Lipinski definition) is 1. The van der Waals surface area contributed by atoms with Crippen molar-refractivity contribution >= 4 is 27.5 Å². The Bertz CT molecular complexity index is 1240. The largest absolute Gasteiger partial charge is 0.478 e. The van der Waals surface area contributed by atoms with Crippen LogP contribution in [-0.2, 0) is 6.54 Å². The predicted molar refractivity (Wildman–Crippen MR) is 111 cm³/mol. The summed E-state index contributed by atoms with van der Waals surface area (Å²) in [6.07, 6.45) is 1.56. The van der Waals surface area contributed by atoms with E-state index in [1.807, 2.05) is 38.1 Å². The molecule has 0 amide bonds. The minimum Gasteiger partial charge on any atom is -0.478 e. The van der Waals surface area contributed by atoms with Gasteiger partial charge in [0.25, 0.3) is 5.56 Å². The van der Waals surface area contributed by atoms with Gasteiger partial charge in [-0.15, -0.1) is 11.3 Å². The average molecular weight is 390 g/mol. The Labute approximate surface area is 165 Å². The van der Waals surface area contributed by atoms with Crippen LogP contribution < -0.4 is 5.56 Å². The van der Waals surface area contributed by atoms with Gasteiger partial charge in [0.05, 0.1) is 23.8 Å². The van der Waals surface area contributed by atoms with Gasteiger partial charge in [0.2, 0.25) is 0 Å². The summed E-state index contributed by atoms with van der Waals surface area (Å²) in [5.41, 5.74) is 4.09. The van der Waals surface area contributed by atoms with Gasteiger partial charge in [-0.25, -0.2) is 9.78 Å².